The largest absolute Gasteiger partial charge is 0.479 e. The zero-order valence-electron chi connectivity index (χ0n) is 6.61. The van der Waals surface area contributed by atoms with Crippen molar-refractivity contribution >= 4 is 21.9 Å². The Morgan fingerprint density at radius 2 is 2.31 bits per heavy atom. The first kappa shape index (κ1) is 10.2. The van der Waals surface area contributed by atoms with Crippen molar-refractivity contribution in [3.8, 4) is 0 Å². The van der Waals surface area contributed by atoms with Crippen LogP contribution in [0.2, 0.25) is 0 Å². The number of carbonyl (C=O) groups is 1. The van der Waals surface area contributed by atoms with Gasteiger partial charge in [0.15, 0.2) is 0 Å². The molecule has 0 saturated carbocycles. The SMILES string of the molecule is NOC(C(=O)O)c1cccc(Br)c1. The van der Waals surface area contributed by atoms with Gasteiger partial charge in [-0.2, -0.15) is 0 Å². The Bertz CT molecular complexity index is 316. The van der Waals surface area contributed by atoms with Gasteiger partial charge < -0.3 is 5.11 Å². The molecule has 1 rings (SSSR count). The maximum absolute atomic E-state index is 10.6. The molecule has 0 fully saturated rings. The van der Waals surface area contributed by atoms with Gasteiger partial charge in [-0.05, 0) is 17.7 Å². The summed E-state index contributed by atoms with van der Waals surface area (Å²) in [5.74, 6) is 3.75. The molecule has 5 heteroatoms. The molecule has 0 amide bonds. The van der Waals surface area contributed by atoms with E-state index in [4.69, 9.17) is 11.0 Å². The second-order valence-electron chi connectivity index (χ2n) is 2.41. The lowest BCUT2D eigenvalue weighted by molar-refractivity contribution is -0.151. The van der Waals surface area contributed by atoms with E-state index >= 15 is 0 Å². The topological polar surface area (TPSA) is 72.5 Å². The van der Waals surface area contributed by atoms with Crippen LogP contribution < -0.4 is 5.90 Å². The van der Waals surface area contributed by atoms with Crippen molar-refractivity contribution in [2.75, 3.05) is 0 Å². The highest BCUT2D eigenvalue weighted by Gasteiger charge is 2.19. The van der Waals surface area contributed by atoms with Crippen molar-refractivity contribution in [2.24, 2.45) is 5.90 Å². The maximum Gasteiger partial charge on any atom is 0.339 e. The van der Waals surface area contributed by atoms with Crippen molar-refractivity contribution in [3.63, 3.8) is 0 Å². The molecular weight excluding hydrogens is 238 g/mol. The number of hydrogen-bond acceptors (Lipinski definition) is 3. The van der Waals surface area contributed by atoms with Gasteiger partial charge in [0.1, 0.15) is 0 Å². The fourth-order valence-corrected chi connectivity index (χ4v) is 1.37. The molecular formula is C8H8BrNO3. The third-order valence-electron chi connectivity index (χ3n) is 1.51. The van der Waals surface area contributed by atoms with Crippen molar-refractivity contribution < 1.29 is 14.7 Å². The minimum atomic E-state index is -1.11. The molecule has 0 aliphatic rings. The Kier molecular flexibility index (Phi) is 3.41. The van der Waals surface area contributed by atoms with E-state index in [0.717, 1.165) is 4.47 Å². The second-order valence-corrected chi connectivity index (χ2v) is 3.33. The lowest BCUT2D eigenvalue weighted by Gasteiger charge is -2.09. The summed E-state index contributed by atoms with van der Waals surface area (Å²) in [6.07, 6.45) is -1.11. The van der Waals surface area contributed by atoms with Crippen LogP contribution in [-0.4, -0.2) is 11.1 Å². The summed E-state index contributed by atoms with van der Waals surface area (Å²) in [7, 11) is 0. The summed E-state index contributed by atoms with van der Waals surface area (Å²) in [5.41, 5.74) is 0.504. The van der Waals surface area contributed by atoms with Crippen LogP contribution in [0.3, 0.4) is 0 Å². The summed E-state index contributed by atoms with van der Waals surface area (Å²) in [4.78, 5) is 15.0. The zero-order valence-corrected chi connectivity index (χ0v) is 8.19. The normalized spacial score (nSPS) is 12.5. The highest BCUT2D eigenvalue weighted by atomic mass is 79.9. The molecule has 1 atom stereocenters. The molecule has 70 valence electrons. The molecule has 3 N–H and O–H groups in total. The van der Waals surface area contributed by atoms with Crippen LogP contribution >= 0.6 is 15.9 Å². The molecule has 0 bridgehead atoms. The second kappa shape index (κ2) is 4.36. The average molecular weight is 246 g/mol. The number of benzene rings is 1. The van der Waals surface area contributed by atoms with Crippen molar-refractivity contribution in [1.29, 1.82) is 0 Å². The summed E-state index contributed by atoms with van der Waals surface area (Å²) < 4.78 is 0.785. The number of aliphatic carboxylic acids is 1. The van der Waals surface area contributed by atoms with Gasteiger partial charge in [0.25, 0.3) is 0 Å². The van der Waals surface area contributed by atoms with Gasteiger partial charge in [-0.1, -0.05) is 28.1 Å². The van der Waals surface area contributed by atoms with Gasteiger partial charge in [0.05, 0.1) is 0 Å². The highest BCUT2D eigenvalue weighted by molar-refractivity contribution is 9.10. The van der Waals surface area contributed by atoms with Gasteiger partial charge in [-0.25, -0.2) is 10.7 Å². The number of carboxylic acid groups (broad SMARTS) is 1. The standard InChI is InChI=1S/C8H8BrNO3/c9-6-3-1-2-5(4-6)7(13-10)8(11)12/h1-4,7H,10H2,(H,11,12). The van der Waals surface area contributed by atoms with E-state index in [9.17, 15) is 4.79 Å². The summed E-state index contributed by atoms with van der Waals surface area (Å²) in [5, 5.41) is 8.70. The van der Waals surface area contributed by atoms with E-state index in [1.807, 2.05) is 0 Å². The molecule has 0 spiro atoms. The fourth-order valence-electron chi connectivity index (χ4n) is 0.949. The van der Waals surface area contributed by atoms with E-state index in [2.05, 4.69) is 20.8 Å². The van der Waals surface area contributed by atoms with Gasteiger partial charge in [-0.15, -0.1) is 0 Å². The maximum atomic E-state index is 10.6. The summed E-state index contributed by atoms with van der Waals surface area (Å²) in [6.45, 7) is 0. The van der Waals surface area contributed by atoms with Crippen LogP contribution in [0.5, 0.6) is 0 Å². The number of carboxylic acids is 1. The average Bonchev–Trinajstić information content (AvgIpc) is 2.04. The van der Waals surface area contributed by atoms with Crippen molar-refractivity contribution in [3.05, 3.63) is 34.3 Å². The molecule has 0 radical (unpaired) electrons. The molecule has 1 aromatic carbocycles. The predicted molar refractivity (Wildman–Crippen MR) is 49.8 cm³/mol. The number of halogens is 1. The zero-order chi connectivity index (χ0) is 9.84. The molecule has 1 aromatic rings. The molecule has 0 aliphatic carbocycles. The molecule has 0 saturated heterocycles. The third-order valence-corrected chi connectivity index (χ3v) is 2.01. The van der Waals surface area contributed by atoms with Crippen LogP contribution in [-0.2, 0) is 9.63 Å². The molecule has 0 heterocycles. The number of nitrogens with two attached hydrogens (primary N) is 1. The Labute approximate surface area is 83.4 Å². The highest BCUT2D eigenvalue weighted by Crippen LogP contribution is 2.19. The van der Waals surface area contributed by atoms with Crippen LogP contribution in [0.1, 0.15) is 11.7 Å². The van der Waals surface area contributed by atoms with Crippen LogP contribution in [0, 0.1) is 0 Å². The van der Waals surface area contributed by atoms with E-state index in [-0.39, 0.29) is 0 Å². The van der Waals surface area contributed by atoms with Gasteiger partial charge >= 0.3 is 5.97 Å². The van der Waals surface area contributed by atoms with Crippen LogP contribution in [0.15, 0.2) is 28.7 Å². The number of rotatable bonds is 3. The summed E-state index contributed by atoms with van der Waals surface area (Å²) >= 11 is 3.22. The Morgan fingerprint density at radius 3 is 2.77 bits per heavy atom. The Balaban J connectivity index is 2.98. The third kappa shape index (κ3) is 2.51. The molecule has 13 heavy (non-hydrogen) atoms. The smallest absolute Gasteiger partial charge is 0.339 e. The summed E-state index contributed by atoms with van der Waals surface area (Å²) in [6, 6.07) is 6.79. The minimum absolute atomic E-state index is 0.504. The first-order valence-corrected chi connectivity index (χ1v) is 4.28. The monoisotopic (exact) mass is 245 g/mol. The lowest BCUT2D eigenvalue weighted by Crippen LogP contribution is -2.18. The predicted octanol–water partition coefficient (Wildman–Crippen LogP) is 1.47. The van der Waals surface area contributed by atoms with E-state index in [1.165, 1.54) is 0 Å². The van der Waals surface area contributed by atoms with Gasteiger partial charge in [-0.3, -0.25) is 4.84 Å². The van der Waals surface area contributed by atoms with E-state index in [1.54, 1.807) is 24.3 Å². The molecule has 4 nitrogen and oxygen atoms in total. The fraction of sp³-hybridized carbons (Fsp3) is 0.125. The minimum Gasteiger partial charge on any atom is -0.479 e. The van der Waals surface area contributed by atoms with Crippen LogP contribution in [0.25, 0.3) is 0 Å². The first-order chi connectivity index (χ1) is 6.15. The lowest BCUT2D eigenvalue weighted by atomic mass is 10.1. The Morgan fingerprint density at radius 1 is 1.62 bits per heavy atom. The Hall–Kier alpha value is -0.910. The van der Waals surface area contributed by atoms with Gasteiger partial charge in [0, 0.05) is 4.47 Å². The van der Waals surface area contributed by atoms with Crippen molar-refractivity contribution in [1.82, 2.24) is 0 Å². The molecule has 0 aliphatic heterocycles. The quantitative estimate of drug-likeness (QED) is 0.792. The molecule has 1 unspecified atom stereocenters. The van der Waals surface area contributed by atoms with E-state index < -0.39 is 12.1 Å². The number of hydrogen-bond donors (Lipinski definition) is 2. The van der Waals surface area contributed by atoms with E-state index in [0.29, 0.717) is 5.56 Å². The molecule has 0 aromatic heterocycles. The van der Waals surface area contributed by atoms with Crippen LogP contribution in [0.4, 0.5) is 0 Å². The van der Waals surface area contributed by atoms with Gasteiger partial charge in [0.2, 0.25) is 6.10 Å². The first-order valence-electron chi connectivity index (χ1n) is 3.49. The van der Waals surface area contributed by atoms with Crippen molar-refractivity contribution in [2.45, 2.75) is 6.10 Å².